The van der Waals surface area contributed by atoms with Crippen molar-refractivity contribution in [3.05, 3.63) is 35.4 Å². The summed E-state index contributed by atoms with van der Waals surface area (Å²) in [7, 11) is 0. The number of urea groups is 1. The summed E-state index contributed by atoms with van der Waals surface area (Å²) in [6, 6.07) is 6.37. The van der Waals surface area contributed by atoms with Crippen molar-refractivity contribution in [2.75, 3.05) is 19.7 Å². The van der Waals surface area contributed by atoms with Crippen LogP contribution in [0.1, 0.15) is 36.7 Å². The lowest BCUT2D eigenvalue weighted by Crippen LogP contribution is -2.52. The lowest BCUT2D eigenvalue weighted by Gasteiger charge is -2.39. The van der Waals surface area contributed by atoms with E-state index in [4.69, 9.17) is 9.84 Å². The molecule has 126 valence electrons. The average Bonchev–Trinajstić information content (AvgIpc) is 2.52. The second kappa shape index (κ2) is 7.00. The molecule has 0 radical (unpaired) electrons. The van der Waals surface area contributed by atoms with Crippen LogP contribution in [-0.4, -0.2) is 47.8 Å². The third kappa shape index (κ3) is 4.69. The van der Waals surface area contributed by atoms with Gasteiger partial charge in [0.25, 0.3) is 0 Å². The molecule has 1 aromatic rings. The summed E-state index contributed by atoms with van der Waals surface area (Å²) < 4.78 is 5.74. The summed E-state index contributed by atoms with van der Waals surface area (Å²) in [4.78, 5) is 24.9. The zero-order chi connectivity index (χ0) is 17.0. The minimum Gasteiger partial charge on any atom is -0.478 e. The van der Waals surface area contributed by atoms with Gasteiger partial charge in [0, 0.05) is 19.6 Å². The number of nitrogens with zero attached hydrogens (tertiary/aromatic N) is 1. The van der Waals surface area contributed by atoms with Crippen LogP contribution >= 0.6 is 0 Å². The topological polar surface area (TPSA) is 78.9 Å². The maximum absolute atomic E-state index is 12.3. The standard InChI is InChI=1S/C17H24N2O4/c1-17(2,3)14-11-19(8-9-23-14)16(22)18-10-12-4-6-13(7-5-12)15(20)21/h4-7,14H,8-11H2,1-3H3,(H,18,22)(H,20,21). The third-order valence-electron chi connectivity index (χ3n) is 3.96. The molecule has 0 saturated carbocycles. The first-order chi connectivity index (χ1) is 10.8. The molecule has 1 aromatic carbocycles. The number of carbonyl (C=O) groups is 2. The van der Waals surface area contributed by atoms with Gasteiger partial charge in [-0.1, -0.05) is 32.9 Å². The van der Waals surface area contributed by atoms with Crippen LogP contribution in [0.25, 0.3) is 0 Å². The maximum atomic E-state index is 12.3. The predicted molar refractivity (Wildman–Crippen MR) is 86.4 cm³/mol. The smallest absolute Gasteiger partial charge is 0.335 e. The van der Waals surface area contributed by atoms with Crippen LogP contribution in [0.4, 0.5) is 4.79 Å². The van der Waals surface area contributed by atoms with E-state index >= 15 is 0 Å². The van der Waals surface area contributed by atoms with Crippen LogP contribution in [0.3, 0.4) is 0 Å². The van der Waals surface area contributed by atoms with E-state index in [1.807, 2.05) is 0 Å². The number of morpholine rings is 1. The predicted octanol–water partition coefficient (Wildman–Crippen LogP) is 2.34. The van der Waals surface area contributed by atoms with Gasteiger partial charge in [0.15, 0.2) is 0 Å². The number of carbonyl (C=O) groups excluding carboxylic acids is 1. The van der Waals surface area contributed by atoms with Gasteiger partial charge in [0.05, 0.1) is 18.3 Å². The summed E-state index contributed by atoms with van der Waals surface area (Å²) in [5.41, 5.74) is 1.09. The van der Waals surface area contributed by atoms with Crippen LogP contribution in [0.2, 0.25) is 0 Å². The molecule has 6 nitrogen and oxygen atoms in total. The normalized spacial score (nSPS) is 18.6. The number of benzene rings is 1. The van der Waals surface area contributed by atoms with Gasteiger partial charge < -0.3 is 20.1 Å². The van der Waals surface area contributed by atoms with Crippen molar-refractivity contribution in [3.8, 4) is 0 Å². The Kier molecular flexibility index (Phi) is 5.26. The minimum atomic E-state index is -0.956. The highest BCUT2D eigenvalue weighted by molar-refractivity contribution is 5.87. The number of carboxylic acid groups (broad SMARTS) is 1. The van der Waals surface area contributed by atoms with Crippen molar-refractivity contribution < 1.29 is 19.4 Å². The quantitative estimate of drug-likeness (QED) is 0.896. The summed E-state index contributed by atoms with van der Waals surface area (Å²) in [5, 5.41) is 11.7. The van der Waals surface area contributed by atoms with Crippen LogP contribution in [0, 0.1) is 5.41 Å². The van der Waals surface area contributed by atoms with Crippen molar-refractivity contribution in [2.45, 2.75) is 33.4 Å². The fourth-order valence-corrected chi connectivity index (χ4v) is 2.41. The van der Waals surface area contributed by atoms with E-state index in [9.17, 15) is 9.59 Å². The number of hydrogen-bond donors (Lipinski definition) is 2. The molecular formula is C17H24N2O4. The van der Waals surface area contributed by atoms with E-state index in [1.165, 1.54) is 12.1 Å². The molecule has 1 fully saturated rings. The molecule has 0 bridgehead atoms. The largest absolute Gasteiger partial charge is 0.478 e. The number of aromatic carboxylic acids is 1. The molecule has 2 rings (SSSR count). The first-order valence-electron chi connectivity index (χ1n) is 7.74. The summed E-state index contributed by atoms with van der Waals surface area (Å²) in [6.45, 7) is 8.37. The zero-order valence-corrected chi connectivity index (χ0v) is 13.8. The molecule has 23 heavy (non-hydrogen) atoms. The van der Waals surface area contributed by atoms with E-state index in [2.05, 4.69) is 26.1 Å². The van der Waals surface area contributed by atoms with Gasteiger partial charge in [-0.3, -0.25) is 0 Å². The van der Waals surface area contributed by atoms with Crippen molar-refractivity contribution >= 4 is 12.0 Å². The molecule has 1 unspecified atom stereocenters. The number of ether oxygens (including phenoxy) is 1. The molecule has 2 N–H and O–H groups in total. The summed E-state index contributed by atoms with van der Waals surface area (Å²) in [5.74, 6) is -0.956. The van der Waals surface area contributed by atoms with Crippen LogP contribution < -0.4 is 5.32 Å². The van der Waals surface area contributed by atoms with Gasteiger partial charge in [-0.15, -0.1) is 0 Å². The van der Waals surface area contributed by atoms with Crippen molar-refractivity contribution in [1.29, 1.82) is 0 Å². The van der Waals surface area contributed by atoms with Gasteiger partial charge >= 0.3 is 12.0 Å². The molecule has 1 aliphatic rings. The molecule has 0 aliphatic carbocycles. The molecule has 0 spiro atoms. The highest BCUT2D eigenvalue weighted by Crippen LogP contribution is 2.25. The average molecular weight is 320 g/mol. The van der Waals surface area contributed by atoms with E-state index in [1.54, 1.807) is 17.0 Å². The Bertz CT molecular complexity index is 563. The van der Waals surface area contributed by atoms with Crippen LogP contribution in [0.5, 0.6) is 0 Å². The number of carboxylic acids is 1. The SMILES string of the molecule is CC(C)(C)C1CN(C(=O)NCc2ccc(C(=O)O)cc2)CCO1. The number of amides is 2. The highest BCUT2D eigenvalue weighted by atomic mass is 16.5. The Balaban J connectivity index is 1.88. The van der Waals surface area contributed by atoms with E-state index in [0.717, 1.165) is 5.56 Å². The second-order valence-corrected chi connectivity index (χ2v) is 6.83. The van der Waals surface area contributed by atoms with Crippen molar-refractivity contribution in [3.63, 3.8) is 0 Å². The fraction of sp³-hybridized carbons (Fsp3) is 0.529. The zero-order valence-electron chi connectivity index (χ0n) is 13.8. The molecule has 1 heterocycles. The van der Waals surface area contributed by atoms with Gasteiger partial charge in [-0.05, 0) is 23.1 Å². The van der Waals surface area contributed by atoms with E-state index in [0.29, 0.717) is 26.2 Å². The third-order valence-corrected chi connectivity index (χ3v) is 3.96. The van der Waals surface area contributed by atoms with Crippen molar-refractivity contribution in [2.24, 2.45) is 5.41 Å². The number of rotatable bonds is 3. The lowest BCUT2D eigenvalue weighted by molar-refractivity contribution is -0.0677. The Morgan fingerprint density at radius 2 is 1.96 bits per heavy atom. The number of hydrogen-bond acceptors (Lipinski definition) is 3. The van der Waals surface area contributed by atoms with Gasteiger partial charge in [0.1, 0.15) is 0 Å². The van der Waals surface area contributed by atoms with Gasteiger partial charge in [-0.2, -0.15) is 0 Å². The summed E-state index contributed by atoms with van der Waals surface area (Å²) in [6.07, 6.45) is 0.0249. The van der Waals surface area contributed by atoms with E-state index in [-0.39, 0.29) is 23.1 Å². The Labute approximate surface area is 136 Å². The van der Waals surface area contributed by atoms with Gasteiger partial charge in [0.2, 0.25) is 0 Å². The van der Waals surface area contributed by atoms with Crippen molar-refractivity contribution in [1.82, 2.24) is 10.2 Å². The van der Waals surface area contributed by atoms with Crippen LogP contribution in [-0.2, 0) is 11.3 Å². The Hall–Kier alpha value is -2.08. The van der Waals surface area contributed by atoms with E-state index < -0.39 is 5.97 Å². The second-order valence-electron chi connectivity index (χ2n) is 6.83. The molecule has 1 atom stereocenters. The molecule has 6 heteroatoms. The fourth-order valence-electron chi connectivity index (χ4n) is 2.41. The lowest BCUT2D eigenvalue weighted by atomic mass is 9.88. The molecule has 1 aliphatic heterocycles. The molecule has 2 amide bonds. The molecule has 1 saturated heterocycles. The monoisotopic (exact) mass is 320 g/mol. The number of nitrogens with one attached hydrogen (secondary N) is 1. The maximum Gasteiger partial charge on any atom is 0.335 e. The Morgan fingerprint density at radius 3 is 2.52 bits per heavy atom. The molecule has 0 aromatic heterocycles. The minimum absolute atomic E-state index is 0.00832. The first-order valence-corrected chi connectivity index (χ1v) is 7.74. The first kappa shape index (κ1) is 17.3. The Morgan fingerprint density at radius 1 is 1.30 bits per heavy atom. The summed E-state index contributed by atoms with van der Waals surface area (Å²) >= 11 is 0. The molecular weight excluding hydrogens is 296 g/mol. The highest BCUT2D eigenvalue weighted by Gasteiger charge is 2.32. The van der Waals surface area contributed by atoms with Gasteiger partial charge in [-0.25, -0.2) is 9.59 Å². The van der Waals surface area contributed by atoms with Crippen LogP contribution in [0.15, 0.2) is 24.3 Å².